The van der Waals surface area contributed by atoms with Gasteiger partial charge in [-0.05, 0) is 67.1 Å². The van der Waals surface area contributed by atoms with Gasteiger partial charge in [0, 0.05) is 16.1 Å². The van der Waals surface area contributed by atoms with E-state index in [1.807, 2.05) is 25.1 Å². The third-order valence-corrected chi connectivity index (χ3v) is 4.26. The summed E-state index contributed by atoms with van der Waals surface area (Å²) >= 11 is 1.53. The molecule has 0 bridgehead atoms. The van der Waals surface area contributed by atoms with Crippen LogP contribution in [0.5, 0.6) is 0 Å². The Balaban J connectivity index is 1.95. The van der Waals surface area contributed by atoms with E-state index in [0.717, 1.165) is 34.4 Å². The molecule has 0 saturated heterocycles. The number of carbonyl (C=O) groups excluding carboxylic acids is 1. The molecule has 0 aromatic heterocycles. The molecule has 0 radical (unpaired) electrons. The highest BCUT2D eigenvalue weighted by Crippen LogP contribution is 2.23. The number of rotatable bonds is 7. The Morgan fingerprint density at radius 2 is 1.90 bits per heavy atom. The van der Waals surface area contributed by atoms with Crippen molar-refractivity contribution in [3.05, 3.63) is 59.2 Å². The topological polar surface area (TPSA) is 29.1 Å². The number of hydrogen-bond acceptors (Lipinski definition) is 3. The van der Waals surface area contributed by atoms with E-state index in [1.165, 1.54) is 30.4 Å². The lowest BCUT2D eigenvalue weighted by atomic mass is 10.1. The lowest BCUT2D eigenvalue weighted by Crippen LogP contribution is -1.91. The van der Waals surface area contributed by atoms with E-state index in [1.54, 1.807) is 0 Å². The molecule has 0 unspecified atom stereocenters. The first-order chi connectivity index (χ1) is 10.2. The number of nitrogens with one attached hydrogen (secondary N) is 1. The standard InChI is InChI=1S/C18H21NOS/c1-3-4-5-15-7-9-17(10-8-15)19-21-18-11-6-14(2)16(12-18)13-20/h6-13,19H,3-5H2,1-2H3. The first-order valence-electron chi connectivity index (χ1n) is 7.30. The second-order valence-electron chi connectivity index (χ2n) is 5.14. The van der Waals surface area contributed by atoms with Crippen LogP contribution in [0.2, 0.25) is 0 Å². The minimum absolute atomic E-state index is 0.747. The van der Waals surface area contributed by atoms with Gasteiger partial charge < -0.3 is 4.72 Å². The average Bonchev–Trinajstić information content (AvgIpc) is 2.53. The van der Waals surface area contributed by atoms with Crippen LogP contribution >= 0.6 is 11.9 Å². The van der Waals surface area contributed by atoms with Gasteiger partial charge in [0.25, 0.3) is 0 Å². The van der Waals surface area contributed by atoms with Crippen molar-refractivity contribution in [3.63, 3.8) is 0 Å². The van der Waals surface area contributed by atoms with Gasteiger partial charge in [-0.3, -0.25) is 4.79 Å². The highest BCUT2D eigenvalue weighted by molar-refractivity contribution is 8.00. The molecular weight excluding hydrogens is 278 g/mol. The third kappa shape index (κ3) is 4.64. The summed E-state index contributed by atoms with van der Waals surface area (Å²) in [5, 5.41) is 0. The summed E-state index contributed by atoms with van der Waals surface area (Å²) in [6, 6.07) is 14.5. The Morgan fingerprint density at radius 3 is 2.57 bits per heavy atom. The van der Waals surface area contributed by atoms with E-state index >= 15 is 0 Å². The van der Waals surface area contributed by atoms with Crippen LogP contribution in [0, 0.1) is 6.92 Å². The fourth-order valence-corrected chi connectivity index (χ4v) is 2.74. The van der Waals surface area contributed by atoms with Crippen LogP contribution in [0.25, 0.3) is 0 Å². The number of aryl methyl sites for hydroxylation is 2. The second-order valence-corrected chi connectivity index (χ2v) is 6.02. The van der Waals surface area contributed by atoms with Gasteiger partial charge in [0.15, 0.2) is 0 Å². The number of hydrogen-bond donors (Lipinski definition) is 1. The zero-order chi connectivity index (χ0) is 15.1. The molecule has 0 heterocycles. The van der Waals surface area contributed by atoms with Gasteiger partial charge in [0.2, 0.25) is 0 Å². The van der Waals surface area contributed by atoms with Crippen molar-refractivity contribution >= 4 is 23.9 Å². The van der Waals surface area contributed by atoms with E-state index in [0.29, 0.717) is 0 Å². The summed E-state index contributed by atoms with van der Waals surface area (Å²) in [6.45, 7) is 4.16. The van der Waals surface area contributed by atoms with Crippen molar-refractivity contribution in [1.82, 2.24) is 0 Å². The predicted octanol–water partition coefficient (Wildman–Crippen LogP) is 5.27. The smallest absolute Gasteiger partial charge is 0.150 e. The van der Waals surface area contributed by atoms with Gasteiger partial charge in [-0.25, -0.2) is 0 Å². The first kappa shape index (κ1) is 15.6. The Hall–Kier alpha value is -1.74. The Labute approximate surface area is 131 Å². The molecule has 2 rings (SSSR count). The van der Waals surface area contributed by atoms with Crippen molar-refractivity contribution in [2.24, 2.45) is 0 Å². The molecule has 3 heteroatoms. The second kappa shape index (κ2) is 7.89. The molecule has 110 valence electrons. The monoisotopic (exact) mass is 299 g/mol. The molecule has 0 aliphatic heterocycles. The number of unbranched alkanes of at least 4 members (excludes halogenated alkanes) is 1. The molecule has 0 aliphatic carbocycles. The van der Waals surface area contributed by atoms with Crippen molar-refractivity contribution in [3.8, 4) is 0 Å². The molecule has 0 aliphatic rings. The van der Waals surface area contributed by atoms with E-state index in [2.05, 4.69) is 35.9 Å². The number of benzene rings is 2. The summed E-state index contributed by atoms with van der Waals surface area (Å²) < 4.78 is 3.32. The molecule has 0 atom stereocenters. The number of carbonyl (C=O) groups is 1. The lowest BCUT2D eigenvalue weighted by molar-refractivity contribution is 0.112. The maximum absolute atomic E-state index is 10.9. The minimum atomic E-state index is 0.747. The molecule has 0 fully saturated rings. The van der Waals surface area contributed by atoms with E-state index in [-0.39, 0.29) is 0 Å². The largest absolute Gasteiger partial charge is 0.326 e. The van der Waals surface area contributed by atoms with Crippen molar-refractivity contribution in [1.29, 1.82) is 0 Å². The van der Waals surface area contributed by atoms with E-state index < -0.39 is 0 Å². The zero-order valence-corrected chi connectivity index (χ0v) is 13.4. The van der Waals surface area contributed by atoms with Gasteiger partial charge in [-0.1, -0.05) is 31.5 Å². The van der Waals surface area contributed by atoms with Crippen molar-refractivity contribution < 1.29 is 4.79 Å². The van der Waals surface area contributed by atoms with Gasteiger partial charge in [-0.15, -0.1) is 0 Å². The summed E-state index contributed by atoms with van der Waals surface area (Å²) in [4.78, 5) is 12.0. The number of anilines is 1. The Bertz CT molecular complexity index is 593. The maximum atomic E-state index is 10.9. The van der Waals surface area contributed by atoms with Crippen LogP contribution < -0.4 is 4.72 Å². The molecule has 2 nitrogen and oxygen atoms in total. The van der Waals surface area contributed by atoms with Gasteiger partial charge in [0.05, 0.1) is 0 Å². The quantitative estimate of drug-likeness (QED) is 0.558. The molecule has 0 saturated carbocycles. The van der Waals surface area contributed by atoms with Gasteiger partial charge in [0.1, 0.15) is 6.29 Å². The highest BCUT2D eigenvalue weighted by atomic mass is 32.2. The van der Waals surface area contributed by atoms with Crippen molar-refractivity contribution in [2.75, 3.05) is 4.72 Å². The summed E-state index contributed by atoms with van der Waals surface area (Å²) in [6.07, 6.45) is 4.51. The zero-order valence-electron chi connectivity index (χ0n) is 12.6. The van der Waals surface area contributed by atoms with Gasteiger partial charge >= 0.3 is 0 Å². The SMILES string of the molecule is CCCCc1ccc(NSc2ccc(C)c(C=O)c2)cc1. The van der Waals surface area contributed by atoms with E-state index in [9.17, 15) is 4.79 Å². The van der Waals surface area contributed by atoms with Gasteiger partial charge in [-0.2, -0.15) is 0 Å². The normalized spacial score (nSPS) is 10.4. The Morgan fingerprint density at radius 1 is 1.14 bits per heavy atom. The first-order valence-corrected chi connectivity index (χ1v) is 8.12. The van der Waals surface area contributed by atoms with Crippen LogP contribution in [0.15, 0.2) is 47.4 Å². The molecule has 1 N–H and O–H groups in total. The fourth-order valence-electron chi connectivity index (χ4n) is 2.05. The summed E-state index contributed by atoms with van der Waals surface area (Å²) in [5.41, 5.74) is 4.21. The molecule has 21 heavy (non-hydrogen) atoms. The summed E-state index contributed by atoms with van der Waals surface area (Å²) in [5.74, 6) is 0. The average molecular weight is 299 g/mol. The molecule has 2 aromatic carbocycles. The van der Waals surface area contributed by atoms with Crippen LogP contribution in [-0.4, -0.2) is 6.29 Å². The predicted molar refractivity (Wildman–Crippen MR) is 91.1 cm³/mol. The molecule has 0 spiro atoms. The third-order valence-electron chi connectivity index (χ3n) is 3.44. The number of aldehydes is 1. The Kier molecular flexibility index (Phi) is 5.88. The molecule has 0 amide bonds. The molecule has 2 aromatic rings. The summed E-state index contributed by atoms with van der Waals surface area (Å²) in [7, 11) is 0. The highest BCUT2D eigenvalue weighted by Gasteiger charge is 2.01. The van der Waals surface area contributed by atoms with Crippen LogP contribution in [0.3, 0.4) is 0 Å². The maximum Gasteiger partial charge on any atom is 0.150 e. The van der Waals surface area contributed by atoms with Crippen LogP contribution in [0.4, 0.5) is 5.69 Å². The van der Waals surface area contributed by atoms with Crippen LogP contribution in [0.1, 0.15) is 41.3 Å². The van der Waals surface area contributed by atoms with E-state index in [4.69, 9.17) is 0 Å². The fraction of sp³-hybridized carbons (Fsp3) is 0.278. The van der Waals surface area contributed by atoms with Crippen molar-refractivity contribution in [2.45, 2.75) is 38.0 Å². The lowest BCUT2D eigenvalue weighted by Gasteiger charge is -2.08. The molecular formula is C18H21NOS. The minimum Gasteiger partial charge on any atom is -0.326 e. The van der Waals surface area contributed by atoms with Crippen LogP contribution in [-0.2, 0) is 6.42 Å².